The van der Waals surface area contributed by atoms with E-state index < -0.39 is 18.1 Å². The number of alkyl halides is 5. The van der Waals surface area contributed by atoms with Gasteiger partial charge in [0.15, 0.2) is 0 Å². The predicted molar refractivity (Wildman–Crippen MR) is 49.1 cm³/mol. The monoisotopic (exact) mass is 239 g/mol. The summed E-state index contributed by atoms with van der Waals surface area (Å²) >= 11 is 0. The minimum absolute atomic E-state index is 0.204. The Morgan fingerprint density at radius 3 is 2.00 bits per heavy atom. The first-order chi connectivity index (χ1) is 7.18. The lowest BCUT2D eigenvalue weighted by molar-refractivity contribution is -0.291. The van der Waals surface area contributed by atoms with Crippen LogP contribution in [-0.2, 0) is 0 Å². The van der Waals surface area contributed by atoms with Crippen molar-refractivity contribution in [2.75, 3.05) is 0 Å². The van der Waals surface area contributed by atoms with Crippen molar-refractivity contribution >= 4 is 0 Å². The van der Waals surface area contributed by atoms with Gasteiger partial charge in [-0.25, -0.2) is 0 Å². The number of benzene rings is 1. The molecule has 1 aromatic carbocycles. The Balaban J connectivity index is 3.12. The molecule has 0 unspecified atom stereocenters. The average molecular weight is 239 g/mol. The molecule has 0 aromatic heterocycles. The van der Waals surface area contributed by atoms with Crippen molar-refractivity contribution in [2.24, 2.45) is 5.73 Å². The molecule has 1 atom stereocenters. The highest BCUT2D eigenvalue weighted by atomic mass is 19.4. The largest absolute Gasteiger partial charge is 0.455 e. The maximum atomic E-state index is 12.9. The van der Waals surface area contributed by atoms with E-state index in [0.717, 1.165) is 0 Å². The topological polar surface area (TPSA) is 26.0 Å². The summed E-state index contributed by atoms with van der Waals surface area (Å²) in [4.78, 5) is 0. The Morgan fingerprint density at radius 1 is 1.06 bits per heavy atom. The maximum Gasteiger partial charge on any atom is 0.455 e. The molecule has 1 nitrogen and oxygen atoms in total. The third-order valence-corrected chi connectivity index (χ3v) is 2.29. The normalized spacial score (nSPS) is 14.9. The van der Waals surface area contributed by atoms with Gasteiger partial charge in [-0.15, -0.1) is 0 Å². The molecule has 1 rings (SSSR count). The molecule has 0 amide bonds. The molecule has 0 saturated heterocycles. The fourth-order valence-corrected chi connectivity index (χ4v) is 1.31. The van der Waals surface area contributed by atoms with Crippen LogP contribution >= 0.6 is 0 Å². The van der Waals surface area contributed by atoms with Crippen LogP contribution in [0.4, 0.5) is 22.0 Å². The zero-order valence-electron chi connectivity index (χ0n) is 8.35. The number of hydrogen-bond acceptors (Lipinski definition) is 1. The van der Waals surface area contributed by atoms with Gasteiger partial charge in [-0.2, -0.15) is 22.0 Å². The number of nitrogens with two attached hydrogens (primary N) is 1. The van der Waals surface area contributed by atoms with E-state index in [1.54, 1.807) is 0 Å². The molecular weight excluding hydrogens is 229 g/mol. The van der Waals surface area contributed by atoms with Gasteiger partial charge in [0.2, 0.25) is 0 Å². The van der Waals surface area contributed by atoms with Gasteiger partial charge in [0.1, 0.15) is 6.04 Å². The number of aryl methyl sites for hydroxylation is 1. The molecule has 0 aliphatic carbocycles. The van der Waals surface area contributed by atoms with Crippen LogP contribution in [-0.4, -0.2) is 12.1 Å². The Labute approximate surface area is 89.1 Å². The zero-order valence-corrected chi connectivity index (χ0v) is 8.35. The number of hydrogen-bond donors (Lipinski definition) is 1. The summed E-state index contributed by atoms with van der Waals surface area (Å²) < 4.78 is 62.1. The SMILES string of the molecule is Cc1ccccc1[C@H](N)C(F)(F)C(F)(F)F. The van der Waals surface area contributed by atoms with Crippen LogP contribution < -0.4 is 5.73 Å². The number of halogens is 5. The van der Waals surface area contributed by atoms with Gasteiger partial charge in [0.05, 0.1) is 0 Å². The standard InChI is InChI=1S/C10H10F5N/c1-6-4-2-3-5-7(6)8(16)9(11,12)10(13,14)15/h2-5,8H,16H2,1H3/t8-/m0/s1. The molecule has 1 aromatic rings. The van der Waals surface area contributed by atoms with Gasteiger partial charge in [-0.1, -0.05) is 24.3 Å². The Hall–Kier alpha value is -1.17. The van der Waals surface area contributed by atoms with E-state index in [1.807, 2.05) is 0 Å². The summed E-state index contributed by atoms with van der Waals surface area (Å²) in [6.07, 6.45) is -5.64. The molecule has 0 saturated carbocycles. The van der Waals surface area contributed by atoms with Crippen molar-refractivity contribution in [1.29, 1.82) is 0 Å². The molecule has 0 bridgehead atoms. The van der Waals surface area contributed by atoms with E-state index in [0.29, 0.717) is 5.56 Å². The van der Waals surface area contributed by atoms with Crippen molar-refractivity contribution in [3.63, 3.8) is 0 Å². The Morgan fingerprint density at radius 2 is 1.56 bits per heavy atom. The Kier molecular flexibility index (Phi) is 3.23. The molecule has 0 aliphatic heterocycles. The first-order valence-corrected chi connectivity index (χ1v) is 4.43. The molecular formula is C10H10F5N. The average Bonchev–Trinajstić information content (AvgIpc) is 2.15. The van der Waals surface area contributed by atoms with E-state index in [-0.39, 0.29) is 5.56 Å². The minimum atomic E-state index is -5.64. The lowest BCUT2D eigenvalue weighted by Crippen LogP contribution is -2.46. The first kappa shape index (κ1) is 12.9. The molecule has 0 aliphatic rings. The quantitative estimate of drug-likeness (QED) is 0.788. The zero-order chi connectivity index (χ0) is 12.6. The summed E-state index contributed by atoms with van der Waals surface area (Å²) in [5, 5.41) is 0. The highest BCUT2D eigenvalue weighted by Crippen LogP contribution is 2.43. The minimum Gasteiger partial charge on any atom is -0.319 e. The first-order valence-electron chi connectivity index (χ1n) is 4.43. The molecule has 0 heterocycles. The molecule has 16 heavy (non-hydrogen) atoms. The maximum absolute atomic E-state index is 12.9. The van der Waals surface area contributed by atoms with Crippen molar-refractivity contribution in [3.8, 4) is 0 Å². The van der Waals surface area contributed by atoms with Crippen LogP contribution in [0, 0.1) is 6.92 Å². The molecule has 0 spiro atoms. The van der Waals surface area contributed by atoms with Gasteiger partial charge < -0.3 is 5.73 Å². The molecule has 6 heteroatoms. The predicted octanol–water partition coefficient (Wildman–Crippen LogP) is 3.19. The molecule has 0 fully saturated rings. The summed E-state index contributed by atoms with van der Waals surface area (Å²) in [5.41, 5.74) is 5.09. The number of rotatable bonds is 2. The van der Waals surface area contributed by atoms with Gasteiger partial charge in [-0.05, 0) is 18.1 Å². The van der Waals surface area contributed by atoms with Crippen LogP contribution in [0.2, 0.25) is 0 Å². The van der Waals surface area contributed by atoms with Gasteiger partial charge >= 0.3 is 12.1 Å². The highest BCUT2D eigenvalue weighted by molar-refractivity contribution is 5.30. The smallest absolute Gasteiger partial charge is 0.319 e. The fraction of sp³-hybridized carbons (Fsp3) is 0.400. The van der Waals surface area contributed by atoms with Crippen LogP contribution in [0.3, 0.4) is 0 Å². The summed E-state index contributed by atoms with van der Waals surface area (Å²) in [6.45, 7) is 1.43. The van der Waals surface area contributed by atoms with E-state index >= 15 is 0 Å². The van der Waals surface area contributed by atoms with E-state index in [9.17, 15) is 22.0 Å². The summed E-state index contributed by atoms with van der Waals surface area (Å²) in [6, 6.07) is 3.13. The van der Waals surface area contributed by atoms with E-state index in [2.05, 4.69) is 0 Å². The third-order valence-electron chi connectivity index (χ3n) is 2.29. The van der Waals surface area contributed by atoms with Crippen molar-refractivity contribution in [1.82, 2.24) is 0 Å². The van der Waals surface area contributed by atoms with E-state index in [1.165, 1.54) is 31.2 Å². The van der Waals surface area contributed by atoms with Crippen LogP contribution in [0.25, 0.3) is 0 Å². The molecule has 90 valence electrons. The van der Waals surface area contributed by atoms with E-state index in [4.69, 9.17) is 5.73 Å². The van der Waals surface area contributed by atoms with Crippen LogP contribution in [0.5, 0.6) is 0 Å². The highest BCUT2D eigenvalue weighted by Gasteiger charge is 2.61. The van der Waals surface area contributed by atoms with Crippen molar-refractivity contribution in [2.45, 2.75) is 25.1 Å². The Bertz CT molecular complexity index is 372. The summed E-state index contributed by atoms with van der Waals surface area (Å²) in [7, 11) is 0. The third kappa shape index (κ3) is 2.16. The molecule has 0 radical (unpaired) electrons. The lowest BCUT2D eigenvalue weighted by Gasteiger charge is -2.26. The lowest BCUT2D eigenvalue weighted by atomic mass is 9.97. The van der Waals surface area contributed by atoms with Gasteiger partial charge in [-0.3, -0.25) is 0 Å². The second-order valence-electron chi connectivity index (χ2n) is 3.45. The second-order valence-corrected chi connectivity index (χ2v) is 3.45. The van der Waals surface area contributed by atoms with Gasteiger partial charge in [0, 0.05) is 0 Å². The van der Waals surface area contributed by atoms with Crippen molar-refractivity contribution in [3.05, 3.63) is 35.4 Å². The fourth-order valence-electron chi connectivity index (χ4n) is 1.31. The van der Waals surface area contributed by atoms with Crippen LogP contribution in [0.1, 0.15) is 17.2 Å². The van der Waals surface area contributed by atoms with Crippen molar-refractivity contribution < 1.29 is 22.0 Å². The van der Waals surface area contributed by atoms with Gasteiger partial charge in [0.25, 0.3) is 0 Å². The second kappa shape index (κ2) is 4.01. The summed E-state index contributed by atoms with van der Waals surface area (Å²) in [5.74, 6) is -4.93. The molecule has 2 N–H and O–H groups in total. The van der Waals surface area contributed by atoms with Crippen LogP contribution in [0.15, 0.2) is 24.3 Å².